The Bertz CT molecular complexity index is 983. The molecule has 0 saturated carbocycles. The van der Waals surface area contributed by atoms with Gasteiger partial charge in [0.15, 0.2) is 0 Å². The molecular formula is C18H14F3N3O2. The van der Waals surface area contributed by atoms with E-state index >= 15 is 0 Å². The molecule has 2 aromatic rings. The molecule has 0 radical (unpaired) electrons. The van der Waals surface area contributed by atoms with Crippen LogP contribution in [-0.2, 0) is 12.7 Å². The van der Waals surface area contributed by atoms with Crippen LogP contribution in [0.2, 0.25) is 0 Å². The van der Waals surface area contributed by atoms with Crippen molar-refractivity contribution in [3.8, 4) is 11.9 Å². The Balaban J connectivity index is 2.67. The van der Waals surface area contributed by atoms with E-state index in [1.807, 2.05) is 0 Å². The predicted molar refractivity (Wildman–Crippen MR) is 90.7 cm³/mol. The number of halogens is 3. The van der Waals surface area contributed by atoms with Crippen LogP contribution >= 0.6 is 0 Å². The molecule has 0 unspecified atom stereocenters. The van der Waals surface area contributed by atoms with Gasteiger partial charge in [-0.3, -0.25) is 14.4 Å². The molecule has 0 spiro atoms. The van der Waals surface area contributed by atoms with E-state index < -0.39 is 23.2 Å². The molecule has 0 atom stereocenters. The Morgan fingerprint density at radius 1 is 1.38 bits per heavy atom. The molecule has 26 heavy (non-hydrogen) atoms. The Morgan fingerprint density at radius 2 is 2.04 bits per heavy atom. The lowest BCUT2D eigenvalue weighted by Gasteiger charge is -2.13. The van der Waals surface area contributed by atoms with E-state index in [0.717, 1.165) is 16.8 Å². The lowest BCUT2D eigenvalue weighted by atomic mass is 10.1. The molecule has 5 nitrogen and oxygen atoms in total. The molecule has 0 aliphatic heterocycles. The summed E-state index contributed by atoms with van der Waals surface area (Å²) >= 11 is 0. The number of nitrogens with zero attached hydrogens (tertiary/aromatic N) is 3. The number of benzene rings is 1. The summed E-state index contributed by atoms with van der Waals surface area (Å²) < 4.78 is 40.0. The SMILES string of the molecule is C=CCn1c(O)c(C=Nc2ccccc2C(F)(F)F)c(C)c(C#N)c1=O. The number of aromatic nitrogens is 1. The number of alkyl halides is 3. The summed E-state index contributed by atoms with van der Waals surface area (Å²) in [5.41, 5.74) is -2.11. The standard InChI is InChI=1S/C18H14F3N3O2/c1-3-8-24-16(25)12(9-22)11(2)13(17(24)26)10-23-15-7-5-4-6-14(15)18(19,20)21/h3-7,10,26H,1,8H2,2H3. The Morgan fingerprint density at radius 3 is 2.62 bits per heavy atom. The zero-order valence-electron chi connectivity index (χ0n) is 13.7. The highest BCUT2D eigenvalue weighted by Crippen LogP contribution is 2.36. The number of aliphatic imine (C=N–C) groups is 1. The summed E-state index contributed by atoms with van der Waals surface area (Å²) in [5.74, 6) is -0.500. The lowest BCUT2D eigenvalue weighted by molar-refractivity contribution is -0.137. The monoisotopic (exact) mass is 361 g/mol. The molecule has 0 saturated heterocycles. The average Bonchev–Trinajstić information content (AvgIpc) is 2.58. The quantitative estimate of drug-likeness (QED) is 0.666. The highest BCUT2D eigenvalue weighted by molar-refractivity contribution is 5.87. The van der Waals surface area contributed by atoms with Crippen LogP contribution in [0.25, 0.3) is 0 Å². The van der Waals surface area contributed by atoms with Crippen LogP contribution in [0.1, 0.15) is 22.3 Å². The second-order valence-electron chi connectivity index (χ2n) is 5.33. The topological polar surface area (TPSA) is 78.4 Å². The van der Waals surface area contributed by atoms with Crippen molar-refractivity contribution in [3.63, 3.8) is 0 Å². The minimum atomic E-state index is -4.59. The van der Waals surface area contributed by atoms with Crippen LogP contribution in [0.15, 0.2) is 46.7 Å². The summed E-state index contributed by atoms with van der Waals surface area (Å²) in [6.07, 6.45) is -2.24. The molecule has 0 fully saturated rings. The maximum atomic E-state index is 13.0. The predicted octanol–water partition coefficient (Wildman–Crippen LogP) is 3.69. The van der Waals surface area contributed by atoms with Crippen LogP contribution in [0.3, 0.4) is 0 Å². The van der Waals surface area contributed by atoms with Crippen molar-refractivity contribution >= 4 is 11.9 Å². The van der Waals surface area contributed by atoms with Gasteiger partial charge in [-0.1, -0.05) is 18.2 Å². The fourth-order valence-electron chi connectivity index (χ4n) is 2.38. The molecule has 1 aromatic heterocycles. The Labute approximate surface area is 147 Å². The van der Waals surface area contributed by atoms with E-state index in [-0.39, 0.29) is 28.9 Å². The Hall–Kier alpha value is -3.34. The molecule has 0 amide bonds. The normalized spacial score (nSPS) is 11.5. The maximum absolute atomic E-state index is 13.0. The van der Waals surface area contributed by atoms with Crippen LogP contribution in [0.4, 0.5) is 18.9 Å². The second kappa shape index (κ2) is 7.27. The first-order valence-corrected chi connectivity index (χ1v) is 7.40. The molecule has 1 N–H and O–H groups in total. The molecule has 0 aliphatic carbocycles. The van der Waals surface area contributed by atoms with E-state index in [4.69, 9.17) is 0 Å². The minimum absolute atomic E-state index is 0.0139. The maximum Gasteiger partial charge on any atom is 0.418 e. The zero-order chi connectivity index (χ0) is 19.5. The van der Waals surface area contributed by atoms with Crippen LogP contribution < -0.4 is 5.56 Å². The van der Waals surface area contributed by atoms with Gasteiger partial charge in [0.2, 0.25) is 5.88 Å². The lowest BCUT2D eigenvalue weighted by Crippen LogP contribution is -2.24. The first-order chi connectivity index (χ1) is 12.2. The summed E-state index contributed by atoms with van der Waals surface area (Å²) in [4.78, 5) is 16.0. The van der Waals surface area contributed by atoms with Gasteiger partial charge in [0.1, 0.15) is 11.6 Å². The summed E-state index contributed by atoms with van der Waals surface area (Å²) in [6.45, 7) is 4.81. The number of pyridine rings is 1. The third-order valence-corrected chi connectivity index (χ3v) is 3.70. The summed E-state index contributed by atoms with van der Waals surface area (Å²) in [5, 5.41) is 19.5. The fourth-order valence-corrected chi connectivity index (χ4v) is 2.38. The number of hydrogen-bond donors (Lipinski definition) is 1. The molecule has 134 valence electrons. The highest BCUT2D eigenvalue weighted by atomic mass is 19.4. The molecule has 2 rings (SSSR count). The van der Waals surface area contributed by atoms with Gasteiger partial charge in [-0.15, -0.1) is 6.58 Å². The van der Waals surface area contributed by atoms with Crippen molar-refractivity contribution in [2.24, 2.45) is 4.99 Å². The molecule has 8 heteroatoms. The number of para-hydroxylation sites is 1. The van der Waals surface area contributed by atoms with Crippen molar-refractivity contribution in [1.82, 2.24) is 4.57 Å². The number of rotatable bonds is 4. The molecule has 1 aromatic carbocycles. The van der Waals surface area contributed by atoms with Crippen LogP contribution in [0, 0.1) is 18.3 Å². The van der Waals surface area contributed by atoms with E-state index in [0.29, 0.717) is 0 Å². The van der Waals surface area contributed by atoms with Crippen molar-refractivity contribution in [2.45, 2.75) is 19.6 Å². The van der Waals surface area contributed by atoms with E-state index in [1.54, 1.807) is 6.07 Å². The molecule has 0 bridgehead atoms. The van der Waals surface area contributed by atoms with Gasteiger partial charge < -0.3 is 5.11 Å². The van der Waals surface area contributed by atoms with Gasteiger partial charge in [-0.05, 0) is 24.6 Å². The average molecular weight is 361 g/mol. The van der Waals surface area contributed by atoms with Gasteiger partial charge in [-0.25, -0.2) is 0 Å². The zero-order valence-corrected chi connectivity index (χ0v) is 13.7. The summed E-state index contributed by atoms with van der Waals surface area (Å²) in [6, 6.07) is 6.44. The highest BCUT2D eigenvalue weighted by Gasteiger charge is 2.33. The number of aromatic hydroxyl groups is 1. The van der Waals surface area contributed by atoms with Crippen molar-refractivity contribution in [3.05, 3.63) is 69.5 Å². The molecule has 1 heterocycles. The number of nitriles is 1. The van der Waals surface area contributed by atoms with Gasteiger partial charge in [0.05, 0.1) is 16.8 Å². The van der Waals surface area contributed by atoms with Gasteiger partial charge in [-0.2, -0.15) is 18.4 Å². The van der Waals surface area contributed by atoms with Crippen LogP contribution in [0.5, 0.6) is 5.88 Å². The Kier molecular flexibility index (Phi) is 5.31. The number of hydrogen-bond acceptors (Lipinski definition) is 4. The van der Waals surface area contributed by atoms with Gasteiger partial charge >= 0.3 is 6.18 Å². The van der Waals surface area contributed by atoms with Gasteiger partial charge in [0, 0.05) is 12.8 Å². The molecular weight excluding hydrogens is 347 g/mol. The first-order valence-electron chi connectivity index (χ1n) is 7.40. The minimum Gasteiger partial charge on any atom is -0.494 e. The van der Waals surface area contributed by atoms with E-state index in [1.165, 1.54) is 31.2 Å². The third-order valence-electron chi connectivity index (χ3n) is 3.70. The van der Waals surface area contributed by atoms with Crippen molar-refractivity contribution < 1.29 is 18.3 Å². The van der Waals surface area contributed by atoms with E-state index in [2.05, 4.69) is 11.6 Å². The van der Waals surface area contributed by atoms with Crippen molar-refractivity contribution in [1.29, 1.82) is 5.26 Å². The smallest absolute Gasteiger partial charge is 0.418 e. The molecule has 0 aliphatic rings. The first kappa shape index (κ1) is 19.0. The third kappa shape index (κ3) is 3.52. The second-order valence-corrected chi connectivity index (χ2v) is 5.33. The summed E-state index contributed by atoms with van der Waals surface area (Å²) in [7, 11) is 0. The number of allylic oxidation sites excluding steroid dienone is 1. The van der Waals surface area contributed by atoms with Gasteiger partial charge in [0.25, 0.3) is 5.56 Å². The van der Waals surface area contributed by atoms with E-state index in [9.17, 15) is 28.3 Å². The largest absolute Gasteiger partial charge is 0.494 e. The van der Waals surface area contributed by atoms with Crippen LogP contribution in [-0.4, -0.2) is 15.9 Å². The fraction of sp³-hybridized carbons (Fsp3) is 0.167. The van der Waals surface area contributed by atoms with Crippen molar-refractivity contribution in [2.75, 3.05) is 0 Å².